The van der Waals surface area contributed by atoms with Crippen LogP contribution in [0.5, 0.6) is 0 Å². The highest BCUT2D eigenvalue weighted by molar-refractivity contribution is 5.76. The molecule has 0 radical (unpaired) electrons. The number of carbonyl (C=O) groups is 1. The molecule has 7 heteroatoms. The Bertz CT molecular complexity index is 896. The predicted octanol–water partition coefficient (Wildman–Crippen LogP) is 2.51. The average Bonchev–Trinajstić information content (AvgIpc) is 3.10. The highest BCUT2D eigenvalue weighted by Gasteiger charge is 2.19. The van der Waals surface area contributed by atoms with Gasteiger partial charge >= 0.3 is 0 Å². The lowest BCUT2D eigenvalue weighted by Crippen LogP contribution is -2.35. The lowest BCUT2D eigenvalue weighted by atomic mass is 10.1. The molecule has 1 amide bonds. The Kier molecular flexibility index (Phi) is 5.93. The standard InChI is InChI=1S/C20H22FN5O/c1-15(16-7-3-2-4-8-16)25(14-20(22)27)12-18-13-26(24-23-18)11-17-9-5-6-10-19(17)21/h2-10,13,15H,11-12,14H2,1H3,(H2,22,27)/t15-/m1/s1. The van der Waals surface area contributed by atoms with Crippen LogP contribution in [0.25, 0.3) is 0 Å². The number of nitrogens with zero attached hydrogens (tertiary/aromatic N) is 4. The molecule has 6 nitrogen and oxygen atoms in total. The van der Waals surface area contributed by atoms with Gasteiger partial charge in [0, 0.05) is 18.2 Å². The van der Waals surface area contributed by atoms with Gasteiger partial charge in [0.05, 0.1) is 25.0 Å². The molecule has 2 N–H and O–H groups in total. The second-order valence-corrected chi connectivity index (χ2v) is 6.46. The minimum absolute atomic E-state index is 0.0181. The summed E-state index contributed by atoms with van der Waals surface area (Å²) in [4.78, 5) is 13.5. The number of hydrogen-bond acceptors (Lipinski definition) is 4. The first-order valence-electron chi connectivity index (χ1n) is 8.72. The second-order valence-electron chi connectivity index (χ2n) is 6.46. The molecule has 27 heavy (non-hydrogen) atoms. The first kappa shape index (κ1) is 18.7. The van der Waals surface area contributed by atoms with E-state index >= 15 is 0 Å². The van der Waals surface area contributed by atoms with Gasteiger partial charge in [-0.3, -0.25) is 9.69 Å². The Labute approximate surface area is 157 Å². The van der Waals surface area contributed by atoms with Crippen molar-refractivity contribution in [1.29, 1.82) is 0 Å². The molecule has 0 aliphatic carbocycles. The summed E-state index contributed by atoms with van der Waals surface area (Å²) in [5, 5.41) is 8.24. The summed E-state index contributed by atoms with van der Waals surface area (Å²) in [5.74, 6) is -0.681. The number of rotatable bonds is 8. The van der Waals surface area contributed by atoms with Crippen LogP contribution in [0.2, 0.25) is 0 Å². The van der Waals surface area contributed by atoms with Crippen molar-refractivity contribution < 1.29 is 9.18 Å². The highest BCUT2D eigenvalue weighted by Crippen LogP contribution is 2.21. The van der Waals surface area contributed by atoms with E-state index in [4.69, 9.17) is 5.73 Å². The smallest absolute Gasteiger partial charge is 0.231 e. The maximum Gasteiger partial charge on any atom is 0.231 e. The van der Waals surface area contributed by atoms with E-state index in [-0.39, 0.29) is 18.4 Å². The van der Waals surface area contributed by atoms with Gasteiger partial charge in [0.15, 0.2) is 0 Å². The second kappa shape index (κ2) is 8.55. The van der Waals surface area contributed by atoms with Crippen LogP contribution in [0.3, 0.4) is 0 Å². The Morgan fingerprint density at radius 1 is 1.19 bits per heavy atom. The molecule has 1 aromatic heterocycles. The lowest BCUT2D eigenvalue weighted by Gasteiger charge is -2.27. The van der Waals surface area contributed by atoms with Crippen molar-refractivity contribution in [3.05, 3.63) is 83.4 Å². The summed E-state index contributed by atoms with van der Waals surface area (Å²) in [6.07, 6.45) is 1.76. The molecule has 2 aromatic carbocycles. The Hall–Kier alpha value is -3.06. The average molecular weight is 367 g/mol. The molecular formula is C20H22FN5O. The normalized spacial score (nSPS) is 12.3. The third kappa shape index (κ3) is 4.98. The summed E-state index contributed by atoms with van der Waals surface area (Å²) < 4.78 is 15.4. The number of nitrogens with two attached hydrogens (primary N) is 1. The molecule has 140 valence electrons. The molecule has 0 fully saturated rings. The zero-order valence-corrected chi connectivity index (χ0v) is 15.1. The van der Waals surface area contributed by atoms with Crippen LogP contribution in [0, 0.1) is 5.82 Å². The van der Waals surface area contributed by atoms with Crippen LogP contribution >= 0.6 is 0 Å². The molecule has 3 rings (SSSR count). The molecule has 0 bridgehead atoms. The van der Waals surface area contributed by atoms with Gasteiger partial charge in [-0.05, 0) is 18.6 Å². The maximum atomic E-state index is 13.8. The largest absolute Gasteiger partial charge is 0.369 e. The van der Waals surface area contributed by atoms with E-state index in [1.807, 2.05) is 42.2 Å². The third-order valence-electron chi connectivity index (χ3n) is 4.43. The van der Waals surface area contributed by atoms with E-state index in [1.165, 1.54) is 6.07 Å². The summed E-state index contributed by atoms with van der Waals surface area (Å²) in [5.41, 5.74) is 7.74. The van der Waals surface area contributed by atoms with E-state index < -0.39 is 5.91 Å². The van der Waals surface area contributed by atoms with E-state index in [2.05, 4.69) is 10.3 Å². The third-order valence-corrected chi connectivity index (χ3v) is 4.43. The molecule has 3 aromatic rings. The van der Waals surface area contributed by atoms with Gasteiger partial charge in [-0.2, -0.15) is 0 Å². The number of benzene rings is 2. The van der Waals surface area contributed by atoms with E-state index in [9.17, 15) is 9.18 Å². The molecule has 0 saturated carbocycles. The van der Waals surface area contributed by atoms with Crippen molar-refractivity contribution in [2.75, 3.05) is 6.54 Å². The van der Waals surface area contributed by atoms with Crippen molar-refractivity contribution in [3.63, 3.8) is 0 Å². The highest BCUT2D eigenvalue weighted by atomic mass is 19.1. The van der Waals surface area contributed by atoms with Gasteiger partial charge < -0.3 is 5.73 Å². The van der Waals surface area contributed by atoms with Crippen molar-refractivity contribution in [2.24, 2.45) is 5.73 Å². The van der Waals surface area contributed by atoms with E-state index in [0.29, 0.717) is 24.3 Å². The fraction of sp³-hybridized carbons (Fsp3) is 0.250. The van der Waals surface area contributed by atoms with Gasteiger partial charge in [-0.15, -0.1) is 5.10 Å². The molecule has 0 aliphatic heterocycles. The number of amides is 1. The first-order chi connectivity index (χ1) is 13.0. The lowest BCUT2D eigenvalue weighted by molar-refractivity contribution is -0.119. The molecule has 1 atom stereocenters. The maximum absolute atomic E-state index is 13.8. The predicted molar refractivity (Wildman–Crippen MR) is 100.0 cm³/mol. The summed E-state index contributed by atoms with van der Waals surface area (Å²) in [6, 6.07) is 16.4. The zero-order chi connectivity index (χ0) is 19.2. The fourth-order valence-corrected chi connectivity index (χ4v) is 2.97. The van der Waals surface area contributed by atoms with Crippen LogP contribution in [0.15, 0.2) is 60.8 Å². The molecular weight excluding hydrogens is 345 g/mol. The van der Waals surface area contributed by atoms with Gasteiger partial charge in [0.1, 0.15) is 5.82 Å². The number of primary amides is 1. The van der Waals surface area contributed by atoms with E-state index in [1.54, 1.807) is 29.1 Å². The molecule has 0 unspecified atom stereocenters. The summed E-state index contributed by atoms with van der Waals surface area (Å²) in [7, 11) is 0. The van der Waals surface area contributed by atoms with Crippen molar-refractivity contribution in [2.45, 2.75) is 26.1 Å². The monoisotopic (exact) mass is 367 g/mol. The Morgan fingerprint density at radius 3 is 2.59 bits per heavy atom. The molecule has 0 saturated heterocycles. The SMILES string of the molecule is C[C@H](c1ccccc1)N(CC(N)=O)Cc1cn(Cc2ccccc2F)nn1. The van der Waals surface area contributed by atoms with Gasteiger partial charge in [0.25, 0.3) is 0 Å². The molecule has 0 aliphatic rings. The number of aromatic nitrogens is 3. The molecule has 1 heterocycles. The van der Waals surface area contributed by atoms with E-state index in [0.717, 1.165) is 5.56 Å². The van der Waals surface area contributed by atoms with Gasteiger partial charge in [0.2, 0.25) is 5.91 Å². The van der Waals surface area contributed by atoms with Crippen molar-refractivity contribution in [3.8, 4) is 0 Å². The summed E-state index contributed by atoms with van der Waals surface area (Å²) in [6.45, 7) is 2.83. The summed E-state index contributed by atoms with van der Waals surface area (Å²) >= 11 is 0. The van der Waals surface area contributed by atoms with Crippen LogP contribution in [0.4, 0.5) is 4.39 Å². The van der Waals surface area contributed by atoms with Gasteiger partial charge in [-0.25, -0.2) is 9.07 Å². The molecule has 0 spiro atoms. The topological polar surface area (TPSA) is 77.0 Å². The number of hydrogen-bond donors (Lipinski definition) is 1. The fourth-order valence-electron chi connectivity index (χ4n) is 2.97. The number of halogens is 1. The van der Waals surface area contributed by atoms with Crippen LogP contribution < -0.4 is 5.73 Å². The Balaban J connectivity index is 1.73. The van der Waals surface area contributed by atoms with Crippen LogP contribution in [-0.4, -0.2) is 32.3 Å². The quantitative estimate of drug-likeness (QED) is 0.664. The van der Waals surface area contributed by atoms with Crippen LogP contribution in [0.1, 0.15) is 29.8 Å². The van der Waals surface area contributed by atoms with Crippen LogP contribution in [-0.2, 0) is 17.9 Å². The first-order valence-corrected chi connectivity index (χ1v) is 8.72. The minimum atomic E-state index is -0.406. The van der Waals surface area contributed by atoms with Crippen molar-refractivity contribution >= 4 is 5.91 Å². The van der Waals surface area contributed by atoms with Gasteiger partial charge in [-0.1, -0.05) is 53.7 Å². The van der Waals surface area contributed by atoms with Crippen molar-refractivity contribution in [1.82, 2.24) is 19.9 Å². The Morgan fingerprint density at radius 2 is 1.89 bits per heavy atom. The minimum Gasteiger partial charge on any atom is -0.369 e. The zero-order valence-electron chi connectivity index (χ0n) is 15.1. The number of carbonyl (C=O) groups excluding carboxylic acids is 1.